The van der Waals surface area contributed by atoms with E-state index in [0.29, 0.717) is 26.2 Å². The van der Waals surface area contributed by atoms with E-state index in [-0.39, 0.29) is 57.8 Å². The molecular formula is C23H18F4N2O6. The molecule has 0 saturated carbocycles. The van der Waals surface area contributed by atoms with E-state index in [9.17, 15) is 27.2 Å². The van der Waals surface area contributed by atoms with Gasteiger partial charge in [-0.3, -0.25) is 9.59 Å². The minimum Gasteiger partial charge on any atom is -0.395 e. The third-order valence-corrected chi connectivity index (χ3v) is 6.45. The number of fused-ring (bicyclic) bond motifs is 4. The van der Waals surface area contributed by atoms with Gasteiger partial charge in [0.1, 0.15) is 0 Å². The van der Waals surface area contributed by atoms with Gasteiger partial charge in [0.25, 0.3) is 11.8 Å². The first kappa shape index (κ1) is 21.8. The van der Waals surface area contributed by atoms with Crippen molar-refractivity contribution in [2.24, 2.45) is 11.8 Å². The molecule has 0 radical (unpaired) electrons. The molecule has 2 aromatic carbocycles. The van der Waals surface area contributed by atoms with E-state index in [1.807, 2.05) is 0 Å². The molecule has 2 saturated heterocycles. The molecule has 2 amide bonds. The maximum absolute atomic E-state index is 13.3. The lowest BCUT2D eigenvalue weighted by Gasteiger charge is -2.45. The molecule has 0 aliphatic carbocycles. The van der Waals surface area contributed by atoms with Gasteiger partial charge in [-0.15, -0.1) is 17.6 Å². The van der Waals surface area contributed by atoms with Crippen LogP contribution < -0.4 is 18.9 Å². The fraction of sp³-hybridized carbons (Fsp3) is 0.391. The van der Waals surface area contributed by atoms with Crippen molar-refractivity contribution in [3.8, 4) is 23.0 Å². The van der Waals surface area contributed by atoms with Crippen molar-refractivity contribution in [1.82, 2.24) is 9.80 Å². The van der Waals surface area contributed by atoms with Crippen LogP contribution in [0.4, 0.5) is 17.6 Å². The highest BCUT2D eigenvalue weighted by molar-refractivity contribution is 5.96. The van der Waals surface area contributed by atoms with Crippen molar-refractivity contribution >= 4 is 11.8 Å². The first-order chi connectivity index (χ1) is 16.6. The number of alkyl halides is 4. The normalized spacial score (nSPS) is 24.9. The smallest absolute Gasteiger partial charge is 0.395 e. The molecule has 2 fully saturated rings. The summed E-state index contributed by atoms with van der Waals surface area (Å²) in [4.78, 5) is 29.4. The molecule has 6 rings (SSSR count). The number of likely N-dealkylation sites (tertiary alicyclic amines) is 2. The number of hydrogen-bond donors (Lipinski definition) is 0. The first-order valence-electron chi connectivity index (χ1n) is 10.9. The largest absolute Gasteiger partial charge is 0.586 e. The van der Waals surface area contributed by atoms with Gasteiger partial charge in [0, 0.05) is 37.3 Å². The van der Waals surface area contributed by atoms with Crippen LogP contribution in [0.1, 0.15) is 27.1 Å². The van der Waals surface area contributed by atoms with Crippen molar-refractivity contribution in [3.63, 3.8) is 0 Å². The molecule has 4 aliphatic rings. The lowest BCUT2D eigenvalue weighted by molar-refractivity contribution is -0.287. The van der Waals surface area contributed by atoms with Gasteiger partial charge in [0.05, 0.1) is 0 Å². The summed E-state index contributed by atoms with van der Waals surface area (Å²) < 4.78 is 70.8. The molecule has 0 aromatic heterocycles. The number of rotatable bonds is 2. The Labute approximate surface area is 195 Å². The number of carbonyl (C=O) groups is 2. The van der Waals surface area contributed by atoms with Gasteiger partial charge in [-0.2, -0.15) is 0 Å². The van der Waals surface area contributed by atoms with Crippen LogP contribution in [0.2, 0.25) is 0 Å². The van der Waals surface area contributed by atoms with E-state index >= 15 is 0 Å². The summed E-state index contributed by atoms with van der Waals surface area (Å²) in [7, 11) is 0. The predicted molar refractivity (Wildman–Crippen MR) is 109 cm³/mol. The quantitative estimate of drug-likeness (QED) is 0.595. The average Bonchev–Trinajstić information content (AvgIpc) is 3.28. The number of halogens is 4. The number of ether oxygens (including phenoxy) is 4. The van der Waals surface area contributed by atoms with Crippen molar-refractivity contribution < 1.29 is 46.1 Å². The molecule has 0 N–H and O–H groups in total. The zero-order chi connectivity index (χ0) is 24.5. The fourth-order valence-electron chi connectivity index (χ4n) is 5.14. The molecule has 184 valence electrons. The lowest BCUT2D eigenvalue weighted by atomic mass is 9.84. The van der Waals surface area contributed by atoms with Crippen molar-refractivity contribution in [1.29, 1.82) is 0 Å². The molecule has 0 atom stereocenters. The van der Waals surface area contributed by atoms with Gasteiger partial charge in [0.15, 0.2) is 23.0 Å². The highest BCUT2D eigenvalue weighted by Crippen LogP contribution is 2.43. The first-order valence-corrected chi connectivity index (χ1v) is 10.9. The molecule has 0 spiro atoms. The van der Waals surface area contributed by atoms with Crippen LogP contribution in [0.15, 0.2) is 36.4 Å². The third kappa shape index (κ3) is 3.96. The van der Waals surface area contributed by atoms with Crippen molar-refractivity contribution in [2.75, 3.05) is 26.2 Å². The molecule has 0 unspecified atom stereocenters. The Morgan fingerprint density at radius 1 is 0.657 bits per heavy atom. The van der Waals surface area contributed by atoms with Crippen LogP contribution in [-0.2, 0) is 0 Å². The Morgan fingerprint density at radius 3 is 1.43 bits per heavy atom. The minimum absolute atomic E-state index is 0.00656. The van der Waals surface area contributed by atoms with E-state index in [4.69, 9.17) is 0 Å². The van der Waals surface area contributed by atoms with Gasteiger partial charge in [-0.1, -0.05) is 0 Å². The minimum atomic E-state index is -3.76. The average molecular weight is 494 g/mol. The summed E-state index contributed by atoms with van der Waals surface area (Å²) in [6.45, 7) is 1.54. The number of piperidine rings is 2. The van der Waals surface area contributed by atoms with Crippen LogP contribution in [-0.4, -0.2) is 60.4 Å². The summed E-state index contributed by atoms with van der Waals surface area (Å²) in [6.07, 6.45) is -6.70. The van der Waals surface area contributed by atoms with E-state index in [1.54, 1.807) is 9.80 Å². The Bertz CT molecular complexity index is 1130. The van der Waals surface area contributed by atoms with Gasteiger partial charge >= 0.3 is 12.6 Å². The van der Waals surface area contributed by atoms with Crippen LogP contribution in [0.3, 0.4) is 0 Å². The highest BCUT2D eigenvalue weighted by atomic mass is 19.3. The van der Waals surface area contributed by atoms with E-state index < -0.39 is 12.6 Å². The summed E-state index contributed by atoms with van der Waals surface area (Å²) in [6, 6.07) is 7.85. The Kier molecular flexibility index (Phi) is 4.61. The zero-order valence-corrected chi connectivity index (χ0v) is 18.0. The fourth-order valence-corrected chi connectivity index (χ4v) is 5.14. The Balaban J connectivity index is 1.13. The predicted octanol–water partition coefficient (Wildman–Crippen LogP) is 3.56. The second-order valence-electron chi connectivity index (χ2n) is 9.05. The van der Waals surface area contributed by atoms with Crippen LogP contribution >= 0.6 is 0 Å². The molecule has 35 heavy (non-hydrogen) atoms. The maximum Gasteiger partial charge on any atom is 0.586 e. The van der Waals surface area contributed by atoms with E-state index in [2.05, 4.69) is 18.9 Å². The third-order valence-electron chi connectivity index (χ3n) is 6.45. The Hall–Kier alpha value is -3.70. The maximum atomic E-state index is 13.3. The summed E-state index contributed by atoms with van der Waals surface area (Å²) in [5.74, 6) is -1.30. The number of hydrogen-bond acceptors (Lipinski definition) is 6. The SMILES string of the molecule is O=C(c1ccc2c(c1)OC(F)(F)O2)N1CC2CC(C1)CN(C(=O)c1ccc3c(c1)OC(F)(F)O3)C2. The zero-order valence-electron chi connectivity index (χ0n) is 18.0. The second kappa shape index (κ2) is 7.40. The van der Waals surface area contributed by atoms with Crippen molar-refractivity contribution in [3.05, 3.63) is 47.5 Å². The molecule has 12 heteroatoms. The van der Waals surface area contributed by atoms with Gasteiger partial charge in [0.2, 0.25) is 0 Å². The molecule has 4 aliphatic heterocycles. The summed E-state index contributed by atoms with van der Waals surface area (Å²) >= 11 is 0. The highest BCUT2D eigenvalue weighted by Gasteiger charge is 2.45. The number of carbonyl (C=O) groups excluding carboxylic acids is 2. The van der Waals surface area contributed by atoms with Crippen molar-refractivity contribution in [2.45, 2.75) is 19.0 Å². The second-order valence-corrected chi connectivity index (χ2v) is 9.05. The molecule has 8 nitrogen and oxygen atoms in total. The molecule has 2 aromatic rings. The molecular weight excluding hydrogens is 476 g/mol. The lowest BCUT2D eigenvalue weighted by Crippen LogP contribution is -2.55. The summed E-state index contributed by atoms with van der Waals surface area (Å²) in [5.41, 5.74) is 0.408. The number of nitrogens with zero attached hydrogens (tertiary/aromatic N) is 2. The van der Waals surface area contributed by atoms with Gasteiger partial charge in [-0.25, -0.2) is 0 Å². The van der Waals surface area contributed by atoms with Crippen LogP contribution in [0, 0.1) is 11.8 Å². The standard InChI is InChI=1S/C23H18F4N2O6/c24-22(25)32-16-3-1-14(6-18(16)34-22)20(30)28-8-12-5-13(9-28)11-29(10-12)21(31)15-2-4-17-19(7-15)35-23(26,27)33-17/h1-4,6-7,12-13H,5,8-11H2. The van der Waals surface area contributed by atoms with Gasteiger partial charge in [-0.05, 0) is 54.7 Å². The molecule has 2 bridgehead atoms. The number of amides is 2. The monoisotopic (exact) mass is 494 g/mol. The van der Waals surface area contributed by atoms with Crippen LogP contribution in [0.5, 0.6) is 23.0 Å². The summed E-state index contributed by atoms with van der Waals surface area (Å²) in [5, 5.41) is 0. The molecule has 4 heterocycles. The number of benzene rings is 2. The van der Waals surface area contributed by atoms with E-state index in [0.717, 1.165) is 6.42 Å². The van der Waals surface area contributed by atoms with Gasteiger partial charge < -0.3 is 28.7 Å². The van der Waals surface area contributed by atoms with E-state index in [1.165, 1.54) is 36.4 Å². The Morgan fingerprint density at radius 2 is 1.03 bits per heavy atom. The van der Waals surface area contributed by atoms with Crippen LogP contribution in [0.25, 0.3) is 0 Å². The topological polar surface area (TPSA) is 77.5 Å².